The lowest BCUT2D eigenvalue weighted by Gasteiger charge is -2.27. The van der Waals surface area contributed by atoms with Gasteiger partial charge in [0, 0.05) is 98.5 Å². The Bertz CT molecular complexity index is 6370. The molecule has 0 aliphatic rings. The van der Waals surface area contributed by atoms with Gasteiger partial charge in [0.1, 0.15) is 11.2 Å². The second-order valence-electron chi connectivity index (χ2n) is 26.3. The van der Waals surface area contributed by atoms with Crippen molar-refractivity contribution in [1.82, 2.24) is 8.80 Å². The van der Waals surface area contributed by atoms with Crippen LogP contribution in [0.25, 0.3) is 165 Å². The van der Waals surface area contributed by atoms with Gasteiger partial charge in [-0.3, -0.25) is 0 Å². The van der Waals surface area contributed by atoms with E-state index in [1.165, 1.54) is 87.3 Å². The van der Waals surface area contributed by atoms with E-state index >= 15 is 0 Å². The first-order chi connectivity index (χ1) is 48.5. The average molecular weight is 1250 g/mol. The molecular weight excluding hydrogens is 1190 g/mol. The first-order valence-electron chi connectivity index (χ1n) is 33.7. The molecule has 0 spiro atoms. The number of benzene rings is 15. The summed E-state index contributed by atoms with van der Waals surface area (Å²) in [5, 5.41) is 14.4. The van der Waals surface area contributed by atoms with E-state index in [4.69, 9.17) is 8.83 Å². The van der Waals surface area contributed by atoms with Crippen molar-refractivity contribution < 1.29 is 8.83 Å². The summed E-state index contributed by atoms with van der Waals surface area (Å²) < 4.78 is 19.3. The molecule has 15 aromatic carbocycles. The minimum atomic E-state index is 0.867. The normalized spacial score (nSPS) is 12.2. The van der Waals surface area contributed by atoms with Gasteiger partial charge in [-0.1, -0.05) is 243 Å². The fourth-order valence-corrected chi connectivity index (χ4v) is 16.7. The van der Waals surface area contributed by atoms with Gasteiger partial charge in [-0.25, -0.2) is 0 Å². The third-order valence-electron chi connectivity index (χ3n) is 21.0. The number of rotatable bonds is 10. The summed E-state index contributed by atoms with van der Waals surface area (Å²) in [4.78, 5) is 4.73. The summed E-state index contributed by atoms with van der Waals surface area (Å²) in [6.07, 6.45) is 0. The van der Waals surface area contributed by atoms with E-state index in [2.05, 4.69) is 348 Å². The molecule has 0 aliphatic heterocycles. The summed E-state index contributed by atoms with van der Waals surface area (Å²) in [7, 11) is 0. The van der Waals surface area contributed by atoms with Crippen LogP contribution in [0.3, 0.4) is 0 Å². The van der Waals surface area contributed by atoms with Crippen molar-refractivity contribution in [2.24, 2.45) is 0 Å². The molecular formula is C92H58N4O2. The summed E-state index contributed by atoms with van der Waals surface area (Å²) >= 11 is 0. The Hall–Kier alpha value is -12.9. The third kappa shape index (κ3) is 7.73. The maximum Gasteiger partial charge on any atom is 0.159 e. The van der Waals surface area contributed by atoms with Gasteiger partial charge in [-0.05, 0) is 131 Å². The lowest BCUT2D eigenvalue weighted by molar-refractivity contribution is 0.669. The molecule has 6 aromatic heterocycles. The van der Waals surface area contributed by atoms with Crippen molar-refractivity contribution in [1.29, 1.82) is 0 Å². The average Bonchev–Trinajstić information content (AvgIpc) is 1.52. The maximum absolute atomic E-state index is 7.09. The van der Waals surface area contributed by atoms with Crippen molar-refractivity contribution in [2.45, 2.75) is 13.8 Å². The Morgan fingerprint density at radius 2 is 0.561 bits per heavy atom. The summed E-state index contributed by atoms with van der Waals surface area (Å²) in [5.74, 6) is 0. The first-order valence-corrected chi connectivity index (χ1v) is 33.7. The van der Waals surface area contributed by atoms with Crippen LogP contribution in [0.1, 0.15) is 11.1 Å². The van der Waals surface area contributed by atoms with Gasteiger partial charge in [0.25, 0.3) is 0 Å². The Kier molecular flexibility index (Phi) is 11.6. The number of furan rings is 2. The van der Waals surface area contributed by atoms with Crippen molar-refractivity contribution in [2.75, 3.05) is 9.80 Å². The van der Waals surface area contributed by atoms with Crippen LogP contribution in [0, 0.1) is 13.8 Å². The quantitative estimate of drug-likeness (QED) is 0.137. The predicted octanol–water partition coefficient (Wildman–Crippen LogP) is 26.0. The minimum absolute atomic E-state index is 0.867. The highest BCUT2D eigenvalue weighted by Gasteiger charge is 2.28. The van der Waals surface area contributed by atoms with Crippen molar-refractivity contribution >= 4 is 154 Å². The molecule has 0 amide bonds. The van der Waals surface area contributed by atoms with Crippen LogP contribution in [0.15, 0.2) is 324 Å². The summed E-state index contributed by atoms with van der Waals surface area (Å²) in [6, 6.07) is 115. The monoisotopic (exact) mass is 1250 g/mol. The SMILES string of the molecule is Cc1ccc2c(oc3c(-c4ccccc4)cccc32)c1N(c1ccccc1)c1ccc(-c2cccc3c2c2cccc4c5cc6c(cc5n3c42)c2cccc3c4c(-c5ccc(N(c7ccccc7)c7c(C)ccc8c7oc7c(-c9ccccc9)cccc78)cc5)cccc4n6c23)cc1. The van der Waals surface area contributed by atoms with E-state index in [1.807, 2.05) is 0 Å². The largest absolute Gasteiger partial charge is 0.453 e. The number of nitrogens with zero attached hydrogens (tertiary/aromatic N) is 4. The smallest absolute Gasteiger partial charge is 0.159 e. The molecule has 6 heteroatoms. The molecule has 6 nitrogen and oxygen atoms in total. The Balaban J connectivity index is 0.673. The van der Waals surface area contributed by atoms with Crippen LogP contribution in [0.5, 0.6) is 0 Å². The van der Waals surface area contributed by atoms with Crippen LogP contribution >= 0.6 is 0 Å². The van der Waals surface area contributed by atoms with Gasteiger partial charge in [0.05, 0.1) is 44.5 Å². The Labute approximate surface area is 563 Å². The van der Waals surface area contributed by atoms with E-state index in [9.17, 15) is 0 Å². The highest BCUT2D eigenvalue weighted by atomic mass is 16.3. The van der Waals surface area contributed by atoms with Gasteiger partial charge in [0.2, 0.25) is 0 Å². The first kappa shape index (κ1) is 54.5. The highest BCUT2D eigenvalue weighted by molar-refractivity contribution is 6.31. The highest BCUT2D eigenvalue weighted by Crippen LogP contribution is 2.52. The topological polar surface area (TPSA) is 41.6 Å². The van der Waals surface area contributed by atoms with Gasteiger partial charge >= 0.3 is 0 Å². The van der Waals surface area contributed by atoms with E-state index in [0.717, 1.165) is 123 Å². The van der Waals surface area contributed by atoms with E-state index < -0.39 is 0 Å². The predicted molar refractivity (Wildman–Crippen MR) is 411 cm³/mol. The van der Waals surface area contributed by atoms with Crippen molar-refractivity contribution in [3.8, 4) is 44.5 Å². The van der Waals surface area contributed by atoms with Crippen LogP contribution in [0.2, 0.25) is 0 Å². The Morgan fingerprint density at radius 1 is 0.235 bits per heavy atom. The zero-order valence-corrected chi connectivity index (χ0v) is 53.6. The Morgan fingerprint density at radius 3 is 0.980 bits per heavy atom. The van der Waals surface area contributed by atoms with Crippen LogP contribution in [0.4, 0.5) is 34.1 Å². The fourth-order valence-electron chi connectivity index (χ4n) is 16.7. The number of aromatic nitrogens is 2. The number of aryl methyl sites for hydroxylation is 2. The molecule has 98 heavy (non-hydrogen) atoms. The number of hydrogen-bond donors (Lipinski definition) is 0. The second kappa shape index (κ2) is 20.8. The minimum Gasteiger partial charge on any atom is -0.453 e. The molecule has 0 saturated heterocycles. The zero-order valence-electron chi connectivity index (χ0n) is 53.6. The van der Waals surface area contributed by atoms with Gasteiger partial charge < -0.3 is 27.4 Å². The molecule has 0 radical (unpaired) electrons. The molecule has 0 fully saturated rings. The molecule has 6 heterocycles. The lowest BCUT2D eigenvalue weighted by atomic mass is 9.97. The third-order valence-corrected chi connectivity index (χ3v) is 21.0. The number of fused-ring (bicyclic) bond motifs is 18. The molecule has 0 bridgehead atoms. The molecule has 0 N–H and O–H groups in total. The standard InChI is InChI=1S/C92H58N4O2/c1-55-41-51-73-71-35-15-31-67(57-21-7-3-8-22-57)89(71)97-91(73)85(55)93(61-25-11-5-12-26-61)63-47-43-59(44-48-63)65-29-19-39-79-83(65)75-37-17-33-69-77-54-82-78(53-81(77)95(79)87(69)75)70-34-18-38-76-84-66(30-20-40-80(84)96(82)88(70)76)60-45-49-64(50-46-60)94(62-27-13-6-14-28-62)86-56(2)42-52-74-72-36-16-32-68(90(72)98-92(74)86)58-23-9-4-10-24-58/h3-54H,1-2H3. The van der Waals surface area contributed by atoms with Crippen molar-refractivity contribution in [3.63, 3.8) is 0 Å². The van der Waals surface area contributed by atoms with Gasteiger partial charge in [0.15, 0.2) is 11.2 Å². The fraction of sp³-hybridized carbons (Fsp3) is 0.0217. The lowest BCUT2D eigenvalue weighted by Crippen LogP contribution is -2.11. The number of anilines is 6. The summed E-state index contributed by atoms with van der Waals surface area (Å²) in [6.45, 7) is 4.38. The van der Waals surface area contributed by atoms with Crippen LogP contribution in [-0.2, 0) is 0 Å². The molecule has 0 unspecified atom stereocenters. The molecule has 21 aromatic rings. The maximum atomic E-state index is 7.09. The molecule has 458 valence electrons. The second-order valence-corrected chi connectivity index (χ2v) is 26.3. The van der Waals surface area contributed by atoms with E-state index in [0.29, 0.717) is 0 Å². The van der Waals surface area contributed by atoms with E-state index in [-0.39, 0.29) is 0 Å². The van der Waals surface area contributed by atoms with Gasteiger partial charge in [-0.15, -0.1) is 0 Å². The summed E-state index contributed by atoms with van der Waals surface area (Å²) in [5.41, 5.74) is 28.5. The zero-order chi connectivity index (χ0) is 64.4. The molecule has 21 rings (SSSR count). The molecule has 0 saturated carbocycles. The van der Waals surface area contributed by atoms with Crippen LogP contribution in [-0.4, -0.2) is 8.80 Å². The van der Waals surface area contributed by atoms with Crippen LogP contribution < -0.4 is 9.80 Å². The number of hydrogen-bond acceptors (Lipinski definition) is 4. The number of para-hydroxylation sites is 6. The molecule has 0 atom stereocenters. The van der Waals surface area contributed by atoms with E-state index in [1.54, 1.807) is 0 Å². The van der Waals surface area contributed by atoms with Crippen molar-refractivity contribution in [3.05, 3.63) is 327 Å². The molecule has 0 aliphatic carbocycles. The van der Waals surface area contributed by atoms with Gasteiger partial charge in [-0.2, -0.15) is 0 Å².